The quantitative estimate of drug-likeness (QED) is 0.712. The summed E-state index contributed by atoms with van der Waals surface area (Å²) >= 11 is 3.84. The molecule has 0 aromatic heterocycles. The zero-order chi connectivity index (χ0) is 10.0. The van der Waals surface area contributed by atoms with Crippen LogP contribution in [-0.4, -0.2) is 44.8 Å². The predicted octanol–water partition coefficient (Wildman–Crippen LogP) is 1.04. The summed E-state index contributed by atoms with van der Waals surface area (Å²) in [7, 11) is 0. The van der Waals surface area contributed by atoms with E-state index < -0.39 is 6.29 Å². The average molecular weight is 236 g/mol. The maximum absolute atomic E-state index is 9.57. The van der Waals surface area contributed by atoms with Crippen molar-refractivity contribution in [3.8, 4) is 0 Å². The van der Waals surface area contributed by atoms with Gasteiger partial charge >= 0.3 is 0 Å². The molecule has 2 N–H and O–H groups in total. The smallest absolute Gasteiger partial charge is 0.157 e. The van der Waals surface area contributed by atoms with Crippen LogP contribution in [0.25, 0.3) is 0 Å². The van der Waals surface area contributed by atoms with E-state index in [4.69, 9.17) is 9.84 Å². The Kier molecular flexibility index (Phi) is 3.65. The summed E-state index contributed by atoms with van der Waals surface area (Å²) in [6, 6.07) is 0. The Labute approximate surface area is 92.6 Å². The summed E-state index contributed by atoms with van der Waals surface area (Å²) in [5.41, 5.74) is 0. The molecule has 1 unspecified atom stereocenters. The van der Waals surface area contributed by atoms with Crippen molar-refractivity contribution < 1.29 is 14.9 Å². The van der Waals surface area contributed by atoms with E-state index in [2.05, 4.69) is 0 Å². The van der Waals surface area contributed by atoms with Crippen LogP contribution in [0.3, 0.4) is 0 Å². The number of rotatable bonds is 1. The molecule has 5 heteroatoms. The van der Waals surface area contributed by atoms with E-state index in [1.165, 1.54) is 6.42 Å². The Morgan fingerprint density at radius 3 is 2.64 bits per heavy atom. The Balaban J connectivity index is 2.02. The van der Waals surface area contributed by atoms with Crippen LogP contribution < -0.4 is 0 Å². The zero-order valence-electron chi connectivity index (χ0n) is 8.02. The molecule has 2 rings (SSSR count). The molecule has 1 spiro atoms. The van der Waals surface area contributed by atoms with Crippen LogP contribution in [0.4, 0.5) is 0 Å². The maximum atomic E-state index is 9.57. The van der Waals surface area contributed by atoms with Crippen molar-refractivity contribution in [1.29, 1.82) is 0 Å². The molecule has 0 amide bonds. The summed E-state index contributed by atoms with van der Waals surface area (Å²) < 4.78 is 5.34. The van der Waals surface area contributed by atoms with Crippen molar-refractivity contribution in [3.05, 3.63) is 0 Å². The van der Waals surface area contributed by atoms with Crippen molar-refractivity contribution in [1.82, 2.24) is 0 Å². The van der Waals surface area contributed by atoms with E-state index in [0.717, 1.165) is 17.9 Å². The molecule has 2 aliphatic heterocycles. The van der Waals surface area contributed by atoms with Crippen molar-refractivity contribution in [2.45, 2.75) is 35.7 Å². The second kappa shape index (κ2) is 4.61. The molecule has 2 fully saturated rings. The lowest BCUT2D eigenvalue weighted by Crippen LogP contribution is -2.44. The minimum Gasteiger partial charge on any atom is -0.394 e. The fraction of sp³-hybridized carbons (Fsp3) is 1.00. The highest BCUT2D eigenvalue weighted by molar-refractivity contribution is 8.18. The molecule has 14 heavy (non-hydrogen) atoms. The van der Waals surface area contributed by atoms with Crippen molar-refractivity contribution in [2.75, 3.05) is 18.1 Å². The molecule has 0 bridgehead atoms. The van der Waals surface area contributed by atoms with Gasteiger partial charge < -0.3 is 14.9 Å². The van der Waals surface area contributed by atoms with Crippen LogP contribution in [-0.2, 0) is 4.74 Å². The topological polar surface area (TPSA) is 49.7 Å². The van der Waals surface area contributed by atoms with Gasteiger partial charge in [0.05, 0.1) is 16.8 Å². The van der Waals surface area contributed by atoms with E-state index in [1.807, 2.05) is 23.5 Å². The largest absolute Gasteiger partial charge is 0.394 e. The van der Waals surface area contributed by atoms with Gasteiger partial charge in [-0.1, -0.05) is 0 Å². The Morgan fingerprint density at radius 1 is 1.29 bits per heavy atom. The highest BCUT2D eigenvalue weighted by Crippen LogP contribution is 2.51. The zero-order valence-corrected chi connectivity index (χ0v) is 9.65. The van der Waals surface area contributed by atoms with Gasteiger partial charge in [-0.3, -0.25) is 0 Å². The minimum absolute atomic E-state index is 0.0138. The summed E-state index contributed by atoms with van der Waals surface area (Å²) in [5, 5.41) is 18.6. The first-order valence-corrected chi connectivity index (χ1v) is 6.93. The highest BCUT2D eigenvalue weighted by atomic mass is 32.2. The first-order valence-electron chi connectivity index (χ1n) is 4.96. The lowest BCUT2D eigenvalue weighted by molar-refractivity contribution is -0.173. The summed E-state index contributed by atoms with van der Waals surface area (Å²) in [6.45, 7) is 0.0138. The van der Waals surface area contributed by atoms with Gasteiger partial charge in [0, 0.05) is 6.42 Å². The third kappa shape index (κ3) is 2.39. The molecule has 2 heterocycles. The van der Waals surface area contributed by atoms with Gasteiger partial charge in [0.15, 0.2) is 6.29 Å². The number of ether oxygens (including phenoxy) is 1. The summed E-state index contributed by atoms with van der Waals surface area (Å²) in [5.74, 6) is 2.33. The molecule has 0 aromatic carbocycles. The van der Waals surface area contributed by atoms with Gasteiger partial charge in [-0.15, -0.1) is 23.5 Å². The van der Waals surface area contributed by atoms with Gasteiger partial charge in [-0.05, 0) is 24.3 Å². The lowest BCUT2D eigenvalue weighted by Gasteiger charge is -2.43. The lowest BCUT2D eigenvalue weighted by atomic mass is 10.1. The number of hydrogen-bond acceptors (Lipinski definition) is 5. The molecule has 3 nitrogen and oxygen atoms in total. The Bertz CT molecular complexity index is 194. The van der Waals surface area contributed by atoms with Gasteiger partial charge in [0.2, 0.25) is 0 Å². The second-order valence-corrected chi connectivity index (χ2v) is 6.98. The van der Waals surface area contributed by atoms with E-state index in [1.54, 1.807) is 0 Å². The molecule has 2 aliphatic rings. The summed E-state index contributed by atoms with van der Waals surface area (Å²) in [6.07, 6.45) is 1.92. The number of aliphatic hydroxyl groups excluding tert-OH is 2. The van der Waals surface area contributed by atoms with Crippen molar-refractivity contribution in [2.24, 2.45) is 0 Å². The molecule has 2 saturated heterocycles. The third-order valence-corrected chi connectivity index (χ3v) is 6.01. The van der Waals surface area contributed by atoms with E-state index in [-0.39, 0.29) is 16.8 Å². The normalized spacial score (nSPS) is 37.3. The van der Waals surface area contributed by atoms with E-state index in [0.29, 0.717) is 6.42 Å². The van der Waals surface area contributed by atoms with Crippen molar-refractivity contribution >= 4 is 23.5 Å². The van der Waals surface area contributed by atoms with Crippen LogP contribution in [0, 0.1) is 0 Å². The van der Waals surface area contributed by atoms with Gasteiger partial charge in [-0.2, -0.15) is 0 Å². The fourth-order valence-corrected chi connectivity index (χ4v) is 5.44. The molecular formula is C9H16O3S2. The molecule has 82 valence electrons. The maximum Gasteiger partial charge on any atom is 0.157 e. The highest BCUT2D eigenvalue weighted by Gasteiger charge is 2.42. The molecule has 2 atom stereocenters. The Hall–Kier alpha value is 0.580. The first kappa shape index (κ1) is 11.1. The van der Waals surface area contributed by atoms with Gasteiger partial charge in [-0.25, -0.2) is 0 Å². The van der Waals surface area contributed by atoms with E-state index >= 15 is 0 Å². The SMILES string of the molecule is OC[C@H]1CC2(CC(O)O1)SCCCS2. The second-order valence-electron chi connectivity index (χ2n) is 3.76. The van der Waals surface area contributed by atoms with E-state index in [9.17, 15) is 5.11 Å². The number of thioether (sulfide) groups is 2. The summed E-state index contributed by atoms with van der Waals surface area (Å²) in [4.78, 5) is 0. The standard InChI is InChI=1S/C9H16O3S2/c10-6-7-4-9(5-8(11)12-7)13-2-1-3-14-9/h7-8,10-11H,1-6H2/t7-,8?/m1/s1. The van der Waals surface area contributed by atoms with Gasteiger partial charge in [0.1, 0.15) is 0 Å². The third-order valence-electron chi connectivity index (χ3n) is 2.60. The minimum atomic E-state index is -0.695. The van der Waals surface area contributed by atoms with Crippen LogP contribution in [0.5, 0.6) is 0 Å². The predicted molar refractivity (Wildman–Crippen MR) is 59.5 cm³/mol. The first-order chi connectivity index (χ1) is 6.74. The average Bonchev–Trinajstić information content (AvgIpc) is 2.17. The van der Waals surface area contributed by atoms with Crippen LogP contribution in [0.15, 0.2) is 0 Å². The number of aliphatic hydroxyl groups is 2. The van der Waals surface area contributed by atoms with Crippen LogP contribution in [0.1, 0.15) is 19.3 Å². The van der Waals surface area contributed by atoms with Crippen LogP contribution >= 0.6 is 23.5 Å². The molecule has 0 radical (unpaired) electrons. The molecule has 0 saturated carbocycles. The number of hydrogen-bond donors (Lipinski definition) is 2. The molecule has 0 aliphatic carbocycles. The monoisotopic (exact) mass is 236 g/mol. The molecule has 0 aromatic rings. The fourth-order valence-electron chi connectivity index (χ4n) is 1.97. The van der Waals surface area contributed by atoms with Crippen molar-refractivity contribution in [3.63, 3.8) is 0 Å². The van der Waals surface area contributed by atoms with Crippen LogP contribution in [0.2, 0.25) is 0 Å². The van der Waals surface area contributed by atoms with Gasteiger partial charge in [0.25, 0.3) is 0 Å². The molecular weight excluding hydrogens is 220 g/mol. The Morgan fingerprint density at radius 2 is 2.00 bits per heavy atom.